The Bertz CT molecular complexity index is 1370. The number of hydrogen-bond acceptors (Lipinski definition) is 8. The molecule has 0 aliphatic carbocycles. The fourth-order valence-electron chi connectivity index (χ4n) is 4.31. The van der Waals surface area contributed by atoms with Gasteiger partial charge >= 0.3 is 15.2 Å². The third kappa shape index (κ3) is 10.4. The minimum atomic E-state index is -3.32. The zero-order valence-corrected chi connectivity index (χ0v) is 28.4. The predicted octanol–water partition coefficient (Wildman–Crippen LogP) is 9.23. The Morgan fingerprint density at radius 2 is 0.818 bits per heavy atom. The molecular formula is C32H38Cl2N2O6P2. The average molecular weight is 680 g/mol. The van der Waals surface area contributed by atoms with E-state index in [0.29, 0.717) is 23.1 Å². The molecule has 0 spiro atoms. The van der Waals surface area contributed by atoms with E-state index >= 15 is 0 Å². The Morgan fingerprint density at radius 3 is 1.09 bits per heavy atom. The lowest BCUT2D eigenvalue weighted by Crippen LogP contribution is -2.22. The molecule has 0 unspecified atom stereocenters. The normalized spacial score (nSPS) is 13.0. The van der Waals surface area contributed by atoms with Gasteiger partial charge in [0.2, 0.25) is 0 Å². The molecule has 4 aromatic rings. The third-order valence-corrected chi connectivity index (χ3v) is 11.5. The van der Waals surface area contributed by atoms with Gasteiger partial charge in [0.05, 0.1) is 0 Å². The molecule has 0 aliphatic heterocycles. The number of nitrogens with one attached hydrogen (secondary N) is 2. The molecule has 8 nitrogen and oxygen atoms in total. The molecule has 12 heteroatoms. The van der Waals surface area contributed by atoms with Crippen LogP contribution in [0, 0.1) is 0 Å². The van der Waals surface area contributed by atoms with Crippen molar-refractivity contribution >= 4 is 38.4 Å². The molecule has 0 radical (unpaired) electrons. The molecule has 0 heterocycles. The van der Waals surface area contributed by atoms with Crippen molar-refractivity contribution < 1.29 is 27.2 Å². The van der Waals surface area contributed by atoms with Gasteiger partial charge in [-0.05, 0) is 46.5 Å². The van der Waals surface area contributed by atoms with Crippen LogP contribution in [0.3, 0.4) is 0 Å². The van der Waals surface area contributed by atoms with E-state index in [1.54, 1.807) is 24.3 Å². The summed E-state index contributed by atoms with van der Waals surface area (Å²) in [5.74, 6) is -1.14. The topological polar surface area (TPSA) is 95.1 Å². The minimum Gasteiger partial charge on any atom is -0.311 e. The number of rotatable bonds is 14. The summed E-state index contributed by atoms with van der Waals surface area (Å²) >= 11 is 11.8. The van der Waals surface area contributed by atoms with Gasteiger partial charge in [-0.3, -0.25) is 19.8 Å². The first-order chi connectivity index (χ1) is 21.2. The van der Waals surface area contributed by atoms with Crippen molar-refractivity contribution in [2.75, 3.05) is 28.4 Å². The Kier molecular flexibility index (Phi) is 14.8. The first kappa shape index (κ1) is 36.2. The van der Waals surface area contributed by atoms with E-state index in [1.165, 1.54) is 28.4 Å². The van der Waals surface area contributed by atoms with Gasteiger partial charge in [0.25, 0.3) is 0 Å². The van der Waals surface area contributed by atoms with Crippen molar-refractivity contribution in [1.82, 2.24) is 10.6 Å². The number of benzene rings is 4. The van der Waals surface area contributed by atoms with Crippen molar-refractivity contribution in [3.8, 4) is 0 Å². The second-order valence-electron chi connectivity index (χ2n) is 9.45. The summed E-state index contributed by atoms with van der Waals surface area (Å²) in [6, 6.07) is 34.0. The first-order valence-electron chi connectivity index (χ1n) is 13.7. The fourth-order valence-corrected chi connectivity index (χ4v) is 7.40. The second kappa shape index (κ2) is 18.0. The maximum atomic E-state index is 12.8. The van der Waals surface area contributed by atoms with Crippen LogP contribution in [0.4, 0.5) is 0 Å². The van der Waals surface area contributed by atoms with E-state index in [4.69, 9.17) is 41.3 Å². The fraction of sp³-hybridized carbons (Fsp3) is 0.250. The monoisotopic (exact) mass is 678 g/mol. The van der Waals surface area contributed by atoms with Crippen LogP contribution in [0.5, 0.6) is 0 Å². The van der Waals surface area contributed by atoms with Crippen LogP contribution in [0.1, 0.15) is 33.8 Å². The van der Waals surface area contributed by atoms with Crippen molar-refractivity contribution in [3.05, 3.63) is 141 Å². The van der Waals surface area contributed by atoms with E-state index in [-0.39, 0.29) is 0 Å². The van der Waals surface area contributed by atoms with Crippen molar-refractivity contribution in [2.45, 2.75) is 24.7 Å². The van der Waals surface area contributed by atoms with E-state index in [2.05, 4.69) is 10.6 Å². The molecule has 0 aliphatic rings. The van der Waals surface area contributed by atoms with Crippen molar-refractivity contribution in [1.29, 1.82) is 0 Å². The van der Waals surface area contributed by atoms with Gasteiger partial charge in [0, 0.05) is 51.6 Å². The highest BCUT2D eigenvalue weighted by Gasteiger charge is 2.36. The maximum Gasteiger partial charge on any atom is 0.351 e. The lowest BCUT2D eigenvalue weighted by molar-refractivity contribution is 0.258. The molecule has 4 rings (SSSR count). The molecule has 0 amide bonds. The lowest BCUT2D eigenvalue weighted by Gasteiger charge is -2.26. The summed E-state index contributed by atoms with van der Waals surface area (Å²) in [5.41, 5.74) is 3.76. The highest BCUT2D eigenvalue weighted by Crippen LogP contribution is 2.59. The van der Waals surface area contributed by atoms with Crippen LogP contribution < -0.4 is 10.6 Å². The lowest BCUT2D eigenvalue weighted by atomic mass is 10.2. The summed E-state index contributed by atoms with van der Waals surface area (Å²) in [4.78, 5) is 0. The molecule has 4 aromatic carbocycles. The quantitative estimate of drug-likeness (QED) is 0.127. The second-order valence-corrected chi connectivity index (χ2v) is 15.0. The Balaban J connectivity index is 0.000000240. The van der Waals surface area contributed by atoms with Crippen LogP contribution in [0.25, 0.3) is 0 Å². The van der Waals surface area contributed by atoms with Gasteiger partial charge < -0.3 is 18.1 Å². The standard InChI is InChI=1S/2C16H19ClNO3P/c2*1-20-22(19,21-2)16(14-8-10-15(17)11-9-14)18-12-13-6-4-3-5-7-13/h2*3-11,16,18H,12H2,1-2H3/t2*16-/m10/s1. The molecule has 0 saturated heterocycles. The molecule has 0 fully saturated rings. The molecule has 0 saturated carbocycles. The molecule has 0 bridgehead atoms. The summed E-state index contributed by atoms with van der Waals surface area (Å²) in [5, 5.41) is 7.76. The zero-order valence-electron chi connectivity index (χ0n) is 25.1. The highest BCUT2D eigenvalue weighted by atomic mass is 35.5. The van der Waals surface area contributed by atoms with E-state index < -0.39 is 26.8 Å². The van der Waals surface area contributed by atoms with Crippen LogP contribution in [0.15, 0.2) is 109 Å². The van der Waals surface area contributed by atoms with Crippen LogP contribution in [-0.2, 0) is 40.3 Å². The molecular weight excluding hydrogens is 641 g/mol. The molecule has 2 N–H and O–H groups in total. The highest BCUT2D eigenvalue weighted by molar-refractivity contribution is 7.54. The summed E-state index contributed by atoms with van der Waals surface area (Å²) in [6.45, 7) is 1.09. The summed E-state index contributed by atoms with van der Waals surface area (Å²) < 4.78 is 46.3. The zero-order chi connectivity index (χ0) is 32.0. The third-order valence-electron chi connectivity index (χ3n) is 6.71. The number of halogens is 2. The molecule has 44 heavy (non-hydrogen) atoms. The Labute approximate surface area is 270 Å². The molecule has 0 aromatic heterocycles. The van der Waals surface area contributed by atoms with E-state index in [0.717, 1.165) is 22.3 Å². The van der Waals surface area contributed by atoms with Crippen LogP contribution >= 0.6 is 38.4 Å². The van der Waals surface area contributed by atoms with Crippen LogP contribution in [-0.4, -0.2) is 28.4 Å². The van der Waals surface area contributed by atoms with Gasteiger partial charge in [0.1, 0.15) is 11.6 Å². The smallest absolute Gasteiger partial charge is 0.311 e. The predicted molar refractivity (Wildman–Crippen MR) is 178 cm³/mol. The SMILES string of the molecule is COP(=O)(OC)[C@@H](NCc1ccccc1)c1ccc(Cl)cc1.COP(=O)(OC)[C@H](NCc1ccccc1)c1ccc(Cl)cc1. The Hall–Kier alpha value is -2.32. The van der Waals surface area contributed by atoms with Gasteiger partial charge in [-0.25, -0.2) is 0 Å². The first-order valence-corrected chi connectivity index (χ1v) is 17.6. The molecule has 2 atom stereocenters. The molecule has 236 valence electrons. The van der Waals surface area contributed by atoms with E-state index in [9.17, 15) is 9.13 Å². The minimum absolute atomic E-state index is 0.546. The van der Waals surface area contributed by atoms with E-state index in [1.807, 2.05) is 84.9 Å². The average Bonchev–Trinajstić information content (AvgIpc) is 3.07. The van der Waals surface area contributed by atoms with Gasteiger partial charge in [-0.2, -0.15) is 0 Å². The van der Waals surface area contributed by atoms with Gasteiger partial charge in [0.15, 0.2) is 0 Å². The summed E-state index contributed by atoms with van der Waals surface area (Å²) in [7, 11) is -1.09. The maximum absolute atomic E-state index is 12.8. The van der Waals surface area contributed by atoms with Gasteiger partial charge in [-0.1, -0.05) is 108 Å². The van der Waals surface area contributed by atoms with Gasteiger partial charge in [-0.15, -0.1) is 0 Å². The number of hydrogen-bond donors (Lipinski definition) is 2. The summed E-state index contributed by atoms with van der Waals surface area (Å²) in [6.07, 6.45) is 0. The van der Waals surface area contributed by atoms with Crippen molar-refractivity contribution in [2.24, 2.45) is 0 Å². The Morgan fingerprint density at radius 1 is 0.523 bits per heavy atom. The van der Waals surface area contributed by atoms with Crippen molar-refractivity contribution in [3.63, 3.8) is 0 Å². The van der Waals surface area contributed by atoms with Crippen LogP contribution in [0.2, 0.25) is 10.0 Å². The largest absolute Gasteiger partial charge is 0.351 e.